The van der Waals surface area contributed by atoms with Crippen LogP contribution in [0.2, 0.25) is 0 Å². The molecule has 1 aromatic rings. The van der Waals surface area contributed by atoms with Crippen LogP contribution in [0.15, 0.2) is 24.3 Å². The predicted molar refractivity (Wildman–Crippen MR) is 77.2 cm³/mol. The van der Waals surface area contributed by atoms with Crippen LogP contribution < -0.4 is 4.74 Å². The molecule has 1 aliphatic rings. The first-order chi connectivity index (χ1) is 9.20. The zero-order valence-corrected chi connectivity index (χ0v) is 12.1. The van der Waals surface area contributed by atoms with Gasteiger partial charge in [-0.1, -0.05) is 31.4 Å². The molecule has 1 aliphatic carbocycles. The first-order valence-electron chi connectivity index (χ1n) is 6.75. The van der Waals surface area contributed by atoms with Gasteiger partial charge in [-0.05, 0) is 25.0 Å². The van der Waals surface area contributed by atoms with Gasteiger partial charge in [0.2, 0.25) is 0 Å². The summed E-state index contributed by atoms with van der Waals surface area (Å²) >= 11 is 0. The van der Waals surface area contributed by atoms with Crippen LogP contribution >= 0.6 is 0 Å². The van der Waals surface area contributed by atoms with E-state index in [-0.39, 0.29) is 16.8 Å². The highest BCUT2D eigenvalue weighted by atomic mass is 32.2. The van der Waals surface area contributed by atoms with Gasteiger partial charge in [0.15, 0.2) is 5.78 Å². The summed E-state index contributed by atoms with van der Waals surface area (Å²) in [6, 6.07) is 7.05. The van der Waals surface area contributed by atoms with Crippen LogP contribution in [0.25, 0.3) is 0 Å². The van der Waals surface area contributed by atoms with Crippen LogP contribution in [0.5, 0.6) is 5.75 Å². The molecule has 1 aromatic carbocycles. The Balaban J connectivity index is 1.97. The highest BCUT2D eigenvalue weighted by Gasteiger charge is 2.22. The molecule has 1 fully saturated rings. The summed E-state index contributed by atoms with van der Waals surface area (Å²) < 4.78 is 17.3. The van der Waals surface area contributed by atoms with Gasteiger partial charge in [-0.2, -0.15) is 0 Å². The van der Waals surface area contributed by atoms with Crippen LogP contribution in [0.1, 0.15) is 42.5 Å². The van der Waals surface area contributed by atoms with E-state index in [4.69, 9.17) is 4.74 Å². The summed E-state index contributed by atoms with van der Waals surface area (Å²) in [7, 11) is 0.537. The summed E-state index contributed by atoms with van der Waals surface area (Å²) in [5.74, 6) is 0.745. The zero-order valence-electron chi connectivity index (χ0n) is 11.3. The molecule has 0 saturated heterocycles. The first kappa shape index (κ1) is 14.3. The Bertz CT molecular complexity index is 464. The molecule has 0 spiro atoms. The molecule has 4 heteroatoms. The van der Waals surface area contributed by atoms with E-state index in [2.05, 4.69) is 0 Å². The van der Waals surface area contributed by atoms with Gasteiger partial charge < -0.3 is 4.74 Å². The van der Waals surface area contributed by atoms with Gasteiger partial charge in [0.05, 0.1) is 12.9 Å². The maximum atomic E-state index is 12.2. The third-order valence-electron chi connectivity index (χ3n) is 3.59. The van der Waals surface area contributed by atoms with Crippen molar-refractivity contribution in [2.24, 2.45) is 0 Å². The van der Waals surface area contributed by atoms with Crippen molar-refractivity contribution in [2.45, 2.75) is 37.4 Å². The Hall–Kier alpha value is -1.16. The second kappa shape index (κ2) is 6.85. The van der Waals surface area contributed by atoms with E-state index in [1.807, 2.05) is 0 Å². The van der Waals surface area contributed by atoms with Gasteiger partial charge in [-0.25, -0.2) is 0 Å². The highest BCUT2D eigenvalue weighted by molar-refractivity contribution is 7.86. The molecule has 19 heavy (non-hydrogen) atoms. The number of ether oxygens (including phenoxy) is 1. The van der Waals surface area contributed by atoms with Crippen LogP contribution in [0.4, 0.5) is 0 Å². The van der Waals surface area contributed by atoms with E-state index in [0.29, 0.717) is 11.3 Å². The highest BCUT2D eigenvalue weighted by Crippen LogP contribution is 2.23. The maximum Gasteiger partial charge on any atom is 0.175 e. The topological polar surface area (TPSA) is 43.4 Å². The summed E-state index contributed by atoms with van der Waals surface area (Å²) in [4.78, 5) is 12.1. The SMILES string of the molecule is COc1cccc(C(=O)CS(=O)C2CCCCC2)c1. The minimum Gasteiger partial charge on any atom is -0.497 e. The predicted octanol–water partition coefficient (Wildman–Crippen LogP) is 2.96. The number of rotatable bonds is 5. The quantitative estimate of drug-likeness (QED) is 0.779. The van der Waals surface area contributed by atoms with Crippen molar-refractivity contribution in [3.63, 3.8) is 0 Å². The van der Waals surface area contributed by atoms with Gasteiger partial charge in [0.25, 0.3) is 0 Å². The molecular weight excluding hydrogens is 260 g/mol. The van der Waals surface area contributed by atoms with Gasteiger partial charge in [0, 0.05) is 21.6 Å². The molecule has 0 heterocycles. The van der Waals surface area contributed by atoms with Gasteiger partial charge in [-0.15, -0.1) is 0 Å². The third-order valence-corrected chi connectivity index (χ3v) is 5.35. The smallest absolute Gasteiger partial charge is 0.175 e. The summed E-state index contributed by atoms with van der Waals surface area (Å²) in [6.07, 6.45) is 5.51. The maximum absolute atomic E-state index is 12.2. The second-order valence-corrected chi connectivity index (χ2v) is 6.66. The van der Waals surface area contributed by atoms with Crippen LogP contribution in [-0.2, 0) is 10.8 Å². The largest absolute Gasteiger partial charge is 0.497 e. The van der Waals surface area contributed by atoms with Gasteiger partial charge in [-0.3, -0.25) is 9.00 Å². The molecule has 1 saturated carbocycles. The fourth-order valence-corrected chi connectivity index (χ4v) is 3.97. The molecule has 0 bridgehead atoms. The van der Waals surface area contributed by atoms with Crippen LogP contribution in [0.3, 0.4) is 0 Å². The van der Waals surface area contributed by atoms with E-state index in [9.17, 15) is 9.00 Å². The number of carbonyl (C=O) groups is 1. The average Bonchev–Trinajstić information content (AvgIpc) is 2.48. The number of Topliss-reactive ketones (excluding diaryl/α,β-unsaturated/α-hetero) is 1. The fourth-order valence-electron chi connectivity index (χ4n) is 2.45. The molecule has 0 aromatic heterocycles. The summed E-state index contributed by atoms with van der Waals surface area (Å²) in [5.41, 5.74) is 0.587. The molecule has 0 radical (unpaired) electrons. The van der Waals surface area contributed by atoms with E-state index in [1.165, 1.54) is 6.42 Å². The lowest BCUT2D eigenvalue weighted by Crippen LogP contribution is -2.24. The molecule has 2 rings (SSSR count). The molecule has 0 amide bonds. The molecule has 0 aliphatic heterocycles. The number of methoxy groups -OCH3 is 1. The van der Waals surface area contributed by atoms with E-state index < -0.39 is 10.8 Å². The van der Waals surface area contributed by atoms with Gasteiger partial charge in [0.1, 0.15) is 5.75 Å². The van der Waals surface area contributed by atoms with Crippen LogP contribution in [0, 0.1) is 0 Å². The standard InChI is InChI=1S/C15H20O3S/c1-18-13-7-5-6-12(10-13)15(16)11-19(17)14-8-3-2-4-9-14/h5-7,10,14H,2-4,8-9,11H2,1H3. The number of hydrogen-bond donors (Lipinski definition) is 0. The van der Waals surface area contributed by atoms with Crippen molar-refractivity contribution < 1.29 is 13.7 Å². The second-order valence-electron chi connectivity index (χ2n) is 4.94. The molecule has 0 N–H and O–H groups in total. The van der Waals surface area contributed by atoms with Crippen molar-refractivity contribution in [2.75, 3.05) is 12.9 Å². The van der Waals surface area contributed by atoms with Crippen LogP contribution in [-0.4, -0.2) is 28.1 Å². The lowest BCUT2D eigenvalue weighted by Gasteiger charge is -2.20. The normalized spacial score (nSPS) is 17.9. The number of benzene rings is 1. The van der Waals surface area contributed by atoms with E-state index in [0.717, 1.165) is 25.7 Å². The first-order valence-corrected chi connectivity index (χ1v) is 8.13. The Morgan fingerprint density at radius 2 is 2.05 bits per heavy atom. The summed E-state index contributed by atoms with van der Waals surface area (Å²) in [5, 5.41) is 0.211. The lowest BCUT2D eigenvalue weighted by molar-refractivity contribution is 0.102. The number of carbonyl (C=O) groups excluding carboxylic acids is 1. The summed E-state index contributed by atoms with van der Waals surface area (Å²) in [6.45, 7) is 0. The Morgan fingerprint density at radius 1 is 1.32 bits per heavy atom. The van der Waals surface area contributed by atoms with Gasteiger partial charge >= 0.3 is 0 Å². The Morgan fingerprint density at radius 3 is 2.74 bits per heavy atom. The Labute approximate surface area is 116 Å². The molecule has 1 atom stereocenters. The lowest BCUT2D eigenvalue weighted by atomic mass is 10.0. The monoisotopic (exact) mass is 280 g/mol. The molecule has 3 nitrogen and oxygen atoms in total. The fraction of sp³-hybridized carbons (Fsp3) is 0.533. The Kier molecular flexibility index (Phi) is 5.14. The molecular formula is C15H20O3S. The minimum absolute atomic E-state index is 0.0530. The van der Waals surface area contributed by atoms with E-state index >= 15 is 0 Å². The number of hydrogen-bond acceptors (Lipinski definition) is 3. The van der Waals surface area contributed by atoms with Crippen molar-refractivity contribution in [3.8, 4) is 5.75 Å². The molecule has 104 valence electrons. The number of ketones is 1. The van der Waals surface area contributed by atoms with Crippen molar-refractivity contribution in [1.29, 1.82) is 0 Å². The van der Waals surface area contributed by atoms with E-state index in [1.54, 1.807) is 31.4 Å². The third kappa shape index (κ3) is 3.90. The van der Waals surface area contributed by atoms with Crippen molar-refractivity contribution in [3.05, 3.63) is 29.8 Å². The van der Waals surface area contributed by atoms with Crippen molar-refractivity contribution in [1.82, 2.24) is 0 Å². The van der Waals surface area contributed by atoms with Crippen molar-refractivity contribution >= 4 is 16.6 Å². The molecule has 1 unspecified atom stereocenters. The zero-order chi connectivity index (χ0) is 13.7. The minimum atomic E-state index is -1.04. The average molecular weight is 280 g/mol.